The first kappa shape index (κ1) is 22.3. The number of benzene rings is 4. The van der Waals surface area contributed by atoms with E-state index in [0.717, 1.165) is 40.3 Å². The third kappa shape index (κ3) is 3.29. The molecule has 6 rings (SSSR count). The highest BCUT2D eigenvalue weighted by Crippen LogP contribution is 2.36. The monoisotopic (exact) mass is 502 g/mol. The molecule has 2 amide bonds. The zero-order valence-corrected chi connectivity index (χ0v) is 19.6. The zero-order valence-electron chi connectivity index (χ0n) is 18.8. The van der Waals surface area contributed by atoms with Gasteiger partial charge in [-0.1, -0.05) is 36.4 Å². The maximum atomic E-state index is 13.1. The Bertz CT molecular complexity index is 1750. The van der Waals surface area contributed by atoms with Gasteiger partial charge in [-0.15, -0.1) is 0 Å². The van der Waals surface area contributed by atoms with Gasteiger partial charge in [-0.3, -0.25) is 28.8 Å². The molecule has 0 fully saturated rings. The molecule has 0 saturated carbocycles. The number of non-ortho nitro benzene ring substituents is 1. The molecule has 0 bridgehead atoms. The van der Waals surface area contributed by atoms with Crippen molar-refractivity contribution >= 4 is 49.2 Å². The Morgan fingerprint density at radius 2 is 1.61 bits per heavy atom. The SMILES string of the molecule is O=C1c2cccc3cc([N+](=O)[O-])cc(c23)C(=O)N1CCOS(=O)(=O)c1ccc2c3c(cccc13)CC2. The lowest BCUT2D eigenvalue weighted by Crippen LogP contribution is -2.42. The van der Waals surface area contributed by atoms with Crippen LogP contribution in [0.1, 0.15) is 31.8 Å². The van der Waals surface area contributed by atoms with Crippen LogP contribution in [0.3, 0.4) is 0 Å². The van der Waals surface area contributed by atoms with Crippen molar-refractivity contribution in [2.45, 2.75) is 17.7 Å². The summed E-state index contributed by atoms with van der Waals surface area (Å²) in [5.74, 6) is -1.35. The van der Waals surface area contributed by atoms with Crippen LogP contribution in [0.4, 0.5) is 5.69 Å². The molecule has 1 aliphatic heterocycles. The number of carbonyl (C=O) groups is 2. The first-order chi connectivity index (χ1) is 17.3. The predicted molar refractivity (Wildman–Crippen MR) is 130 cm³/mol. The van der Waals surface area contributed by atoms with E-state index < -0.39 is 33.5 Å². The molecular weight excluding hydrogens is 484 g/mol. The van der Waals surface area contributed by atoms with Crippen LogP contribution >= 0.6 is 0 Å². The third-order valence-electron chi connectivity index (χ3n) is 6.78. The first-order valence-electron chi connectivity index (χ1n) is 11.3. The topological polar surface area (TPSA) is 124 Å². The van der Waals surface area contributed by atoms with Crippen molar-refractivity contribution in [2.75, 3.05) is 13.2 Å². The predicted octanol–water partition coefficient (Wildman–Crippen LogP) is 4.00. The number of rotatable bonds is 6. The summed E-state index contributed by atoms with van der Waals surface area (Å²) in [5, 5.41) is 13.6. The van der Waals surface area contributed by atoms with Crippen LogP contribution in [0.2, 0.25) is 0 Å². The lowest BCUT2D eigenvalue weighted by atomic mass is 9.93. The fourth-order valence-electron chi connectivity index (χ4n) is 5.19. The second-order valence-electron chi connectivity index (χ2n) is 8.75. The lowest BCUT2D eigenvalue weighted by molar-refractivity contribution is -0.384. The van der Waals surface area contributed by atoms with Crippen molar-refractivity contribution in [2.24, 2.45) is 0 Å². The molecule has 1 aliphatic carbocycles. The van der Waals surface area contributed by atoms with E-state index in [0.29, 0.717) is 16.2 Å². The summed E-state index contributed by atoms with van der Waals surface area (Å²) in [7, 11) is -4.19. The summed E-state index contributed by atoms with van der Waals surface area (Å²) in [4.78, 5) is 37.9. The fraction of sp³-hybridized carbons (Fsp3) is 0.154. The van der Waals surface area contributed by atoms with Crippen molar-refractivity contribution in [1.82, 2.24) is 4.90 Å². The van der Waals surface area contributed by atoms with E-state index in [2.05, 4.69) is 0 Å². The molecule has 1 heterocycles. The molecule has 180 valence electrons. The molecule has 9 nitrogen and oxygen atoms in total. The number of hydrogen-bond acceptors (Lipinski definition) is 7. The molecule has 2 aliphatic rings. The smallest absolute Gasteiger partial charge is 0.272 e. The highest BCUT2D eigenvalue weighted by molar-refractivity contribution is 7.87. The Kier molecular flexibility index (Phi) is 4.92. The van der Waals surface area contributed by atoms with Crippen molar-refractivity contribution in [1.29, 1.82) is 0 Å². The fourth-order valence-corrected chi connectivity index (χ4v) is 6.29. The molecule has 0 aromatic heterocycles. The van der Waals surface area contributed by atoms with Gasteiger partial charge >= 0.3 is 0 Å². The quantitative estimate of drug-likeness (QED) is 0.169. The molecule has 0 N–H and O–H groups in total. The first-order valence-corrected chi connectivity index (χ1v) is 12.7. The van der Waals surface area contributed by atoms with Gasteiger partial charge in [0.05, 0.1) is 23.6 Å². The third-order valence-corrected chi connectivity index (χ3v) is 8.15. The highest BCUT2D eigenvalue weighted by atomic mass is 32.2. The minimum absolute atomic E-state index is 0.0183. The van der Waals surface area contributed by atoms with Crippen molar-refractivity contribution in [3.05, 3.63) is 93.0 Å². The average molecular weight is 503 g/mol. The van der Waals surface area contributed by atoms with Gasteiger partial charge in [-0.05, 0) is 46.9 Å². The molecular formula is C26H18N2O7S. The second-order valence-corrected chi connectivity index (χ2v) is 10.3. The van der Waals surface area contributed by atoms with Crippen LogP contribution in [-0.2, 0) is 27.1 Å². The van der Waals surface area contributed by atoms with Crippen LogP contribution in [0.25, 0.3) is 21.5 Å². The summed E-state index contributed by atoms with van der Waals surface area (Å²) < 4.78 is 31.4. The standard InChI is InChI=1S/C26H18N2O7S/c29-25-20-6-2-4-17-13-18(28(31)32)14-21(24(17)20)26(30)27(25)11-12-35-36(33,34)22-10-9-16-8-7-15-3-1-5-19(22)23(15)16/h1-6,9-10,13-14H,7-8,11-12H2. The Morgan fingerprint density at radius 1 is 0.889 bits per heavy atom. The largest absolute Gasteiger partial charge is 0.297 e. The number of nitrogens with zero attached hydrogens (tertiary/aromatic N) is 2. The summed E-state index contributed by atoms with van der Waals surface area (Å²) in [6.45, 7) is -0.792. The van der Waals surface area contributed by atoms with E-state index in [4.69, 9.17) is 4.18 Å². The minimum Gasteiger partial charge on any atom is -0.272 e. The van der Waals surface area contributed by atoms with Crippen LogP contribution in [0.5, 0.6) is 0 Å². The molecule has 10 heteroatoms. The van der Waals surface area contributed by atoms with E-state index in [1.54, 1.807) is 24.3 Å². The van der Waals surface area contributed by atoms with Crippen molar-refractivity contribution in [3.8, 4) is 0 Å². The normalized spacial score (nSPS) is 14.7. The Hall–Kier alpha value is -4.15. The van der Waals surface area contributed by atoms with Gasteiger partial charge in [0, 0.05) is 28.5 Å². The van der Waals surface area contributed by atoms with Crippen LogP contribution in [0.15, 0.2) is 65.6 Å². The molecule has 36 heavy (non-hydrogen) atoms. The average Bonchev–Trinajstić information content (AvgIpc) is 3.29. The number of nitro groups is 1. The maximum Gasteiger partial charge on any atom is 0.297 e. The minimum atomic E-state index is -4.19. The Balaban J connectivity index is 1.28. The van der Waals surface area contributed by atoms with Gasteiger partial charge in [0.25, 0.3) is 27.6 Å². The summed E-state index contributed by atoms with van der Waals surface area (Å²) in [5.41, 5.74) is 2.14. The van der Waals surface area contributed by atoms with Gasteiger partial charge in [0.15, 0.2) is 0 Å². The zero-order chi connectivity index (χ0) is 25.2. The number of imide groups is 1. The van der Waals surface area contributed by atoms with Crippen LogP contribution in [-0.4, -0.2) is 43.2 Å². The second kappa shape index (κ2) is 7.94. The molecule has 4 aromatic carbocycles. The number of hydrogen-bond donors (Lipinski definition) is 0. The summed E-state index contributed by atoms with van der Waals surface area (Å²) in [6, 6.07) is 16.0. The van der Waals surface area contributed by atoms with Gasteiger partial charge < -0.3 is 0 Å². The van der Waals surface area contributed by atoms with Crippen molar-refractivity contribution in [3.63, 3.8) is 0 Å². The number of amides is 2. The molecule has 0 spiro atoms. The Labute approximate surface area is 205 Å². The highest BCUT2D eigenvalue weighted by Gasteiger charge is 2.34. The van der Waals surface area contributed by atoms with E-state index in [1.165, 1.54) is 18.2 Å². The van der Waals surface area contributed by atoms with Gasteiger partial charge in [-0.25, -0.2) is 0 Å². The lowest BCUT2D eigenvalue weighted by Gasteiger charge is -2.26. The van der Waals surface area contributed by atoms with Crippen LogP contribution in [0, 0.1) is 10.1 Å². The van der Waals surface area contributed by atoms with Gasteiger partial charge in [0.2, 0.25) is 0 Å². The Morgan fingerprint density at radius 3 is 2.39 bits per heavy atom. The van der Waals surface area contributed by atoms with E-state index in [-0.39, 0.29) is 28.3 Å². The van der Waals surface area contributed by atoms with E-state index in [9.17, 15) is 28.1 Å². The van der Waals surface area contributed by atoms with Crippen molar-refractivity contribution < 1.29 is 27.1 Å². The van der Waals surface area contributed by atoms with E-state index >= 15 is 0 Å². The molecule has 0 radical (unpaired) electrons. The number of aryl methyl sites for hydroxylation is 2. The van der Waals surface area contributed by atoms with Gasteiger partial charge in [-0.2, -0.15) is 8.42 Å². The number of carbonyl (C=O) groups excluding carboxylic acids is 2. The van der Waals surface area contributed by atoms with Crippen LogP contribution < -0.4 is 0 Å². The molecule has 0 atom stereocenters. The van der Waals surface area contributed by atoms with E-state index in [1.807, 2.05) is 12.1 Å². The summed E-state index contributed by atoms with van der Waals surface area (Å²) in [6.07, 6.45) is 1.70. The molecule has 4 aromatic rings. The maximum absolute atomic E-state index is 13.1. The number of nitro benzene ring substituents is 1. The van der Waals surface area contributed by atoms with Gasteiger partial charge in [0.1, 0.15) is 4.90 Å². The molecule has 0 unspecified atom stereocenters. The molecule has 0 saturated heterocycles. The summed E-state index contributed by atoms with van der Waals surface area (Å²) >= 11 is 0.